The number of aliphatic hydroxyl groups is 1. The van der Waals surface area contributed by atoms with Gasteiger partial charge < -0.3 is 5.11 Å². The predicted octanol–water partition coefficient (Wildman–Crippen LogP) is 5.38. The zero-order chi connectivity index (χ0) is 19.8. The molecular formula is C14H28O4S9. The van der Waals surface area contributed by atoms with Crippen LogP contribution >= 0.6 is 106 Å². The first-order chi connectivity index (χ1) is 13.3. The van der Waals surface area contributed by atoms with E-state index in [-0.39, 0.29) is 6.61 Å². The molecule has 0 aromatic rings. The molecular weight excluding hydrogens is 521 g/mol. The van der Waals surface area contributed by atoms with Gasteiger partial charge in [-0.25, -0.2) is 9.78 Å². The van der Waals surface area contributed by atoms with Crippen LogP contribution < -0.4 is 0 Å². The van der Waals surface area contributed by atoms with Crippen molar-refractivity contribution < 1.29 is 19.7 Å². The summed E-state index contributed by atoms with van der Waals surface area (Å²) in [5.74, 6) is 2.67. The maximum atomic E-state index is 11.7. The lowest BCUT2D eigenvalue weighted by molar-refractivity contribution is -0.274. The molecule has 0 amide bonds. The molecule has 0 bridgehead atoms. The molecule has 0 aliphatic rings. The lowest BCUT2D eigenvalue weighted by atomic mass is 10.9. The van der Waals surface area contributed by atoms with E-state index in [1.165, 1.54) is 23.5 Å². The first-order valence-electron chi connectivity index (χ1n) is 7.85. The minimum Gasteiger partial charge on any atom is -0.396 e. The van der Waals surface area contributed by atoms with Gasteiger partial charge in [-0.3, -0.25) is 4.79 Å². The van der Waals surface area contributed by atoms with E-state index in [4.69, 9.17) is 14.9 Å². The van der Waals surface area contributed by atoms with Crippen molar-refractivity contribution in [1.29, 1.82) is 0 Å². The van der Waals surface area contributed by atoms with Crippen LogP contribution in [0.5, 0.6) is 0 Å². The second-order valence-corrected chi connectivity index (χ2v) is 15.5. The summed E-state index contributed by atoms with van der Waals surface area (Å²) < 4.78 is 0. The van der Waals surface area contributed by atoms with Crippen molar-refractivity contribution in [2.45, 2.75) is 0 Å². The van der Waals surface area contributed by atoms with E-state index in [0.717, 1.165) is 36.3 Å². The zero-order valence-electron chi connectivity index (χ0n) is 15.3. The van der Waals surface area contributed by atoms with E-state index < -0.39 is 0 Å². The first-order valence-corrected chi connectivity index (χ1v) is 18.3. The molecule has 0 saturated heterocycles. The highest BCUT2D eigenvalue weighted by molar-refractivity contribution is 8.30. The van der Waals surface area contributed by atoms with E-state index in [2.05, 4.69) is 6.26 Å². The van der Waals surface area contributed by atoms with Crippen molar-refractivity contribution in [3.8, 4) is 0 Å². The van der Waals surface area contributed by atoms with E-state index in [9.17, 15) is 4.79 Å². The van der Waals surface area contributed by atoms with E-state index in [0.29, 0.717) is 29.2 Å². The third kappa shape index (κ3) is 26.7. The Bertz CT molecular complexity index is 316. The minimum absolute atomic E-state index is 0.171. The lowest BCUT2D eigenvalue weighted by Gasteiger charge is -2.04. The standard InChI is InChI=1S/C14H28O4S9/c1-19-8-23-11-26-13-27-14(16)6-22-10-25-12-24-9-21-5-3-17-18-7-20-4-2-15/h15H,2-13H2,1H3. The van der Waals surface area contributed by atoms with Gasteiger partial charge in [-0.05, 0) is 6.26 Å². The molecule has 1 N–H and O–H groups in total. The molecule has 13 heteroatoms. The van der Waals surface area contributed by atoms with Gasteiger partial charge in [0.15, 0.2) is 5.12 Å². The number of rotatable bonds is 22. The van der Waals surface area contributed by atoms with Crippen molar-refractivity contribution in [3.63, 3.8) is 0 Å². The molecule has 0 rings (SSSR count). The molecule has 0 heterocycles. The molecule has 0 aliphatic carbocycles. The monoisotopic (exact) mass is 548 g/mol. The van der Waals surface area contributed by atoms with Crippen molar-refractivity contribution in [2.75, 3.05) is 73.2 Å². The fraction of sp³-hybridized carbons (Fsp3) is 0.929. The topological polar surface area (TPSA) is 55.8 Å². The zero-order valence-corrected chi connectivity index (χ0v) is 22.7. The molecule has 0 spiro atoms. The van der Waals surface area contributed by atoms with Crippen LogP contribution in [0.1, 0.15) is 0 Å². The molecule has 0 aliphatic heterocycles. The van der Waals surface area contributed by atoms with E-state index in [1.54, 1.807) is 11.8 Å². The summed E-state index contributed by atoms with van der Waals surface area (Å²) in [6.45, 7) is 0.756. The van der Waals surface area contributed by atoms with E-state index >= 15 is 0 Å². The summed E-state index contributed by atoms with van der Waals surface area (Å²) in [6, 6.07) is 0. The fourth-order valence-corrected chi connectivity index (χ4v) is 10.2. The number of aliphatic hydroxyl groups excluding tert-OH is 1. The van der Waals surface area contributed by atoms with Crippen molar-refractivity contribution >= 4 is 111 Å². The Hall–Kier alpha value is 2.70. The summed E-state index contributed by atoms with van der Waals surface area (Å²) in [4.78, 5) is 21.7. The Kier molecular flexibility index (Phi) is 29.4. The summed E-state index contributed by atoms with van der Waals surface area (Å²) in [5, 5.41) is 15.0. The Morgan fingerprint density at radius 1 is 0.778 bits per heavy atom. The van der Waals surface area contributed by atoms with Crippen LogP contribution in [0, 0.1) is 0 Å². The predicted molar refractivity (Wildman–Crippen MR) is 142 cm³/mol. The highest BCUT2D eigenvalue weighted by atomic mass is 32.3. The third-order valence-corrected chi connectivity index (χ3v) is 12.5. The van der Waals surface area contributed by atoms with Crippen LogP contribution in [0.15, 0.2) is 0 Å². The molecule has 0 fully saturated rings. The number of hydrogen-bond donors (Lipinski definition) is 1. The average molecular weight is 549 g/mol. The van der Waals surface area contributed by atoms with Gasteiger partial charge in [-0.1, -0.05) is 11.8 Å². The molecule has 27 heavy (non-hydrogen) atoms. The summed E-state index contributed by atoms with van der Waals surface area (Å²) in [6.07, 6.45) is 2.11. The Morgan fingerprint density at radius 2 is 1.44 bits per heavy atom. The largest absolute Gasteiger partial charge is 0.396 e. The van der Waals surface area contributed by atoms with Gasteiger partial charge in [0.2, 0.25) is 0 Å². The van der Waals surface area contributed by atoms with Gasteiger partial charge in [-0.2, -0.15) is 11.8 Å². The smallest absolute Gasteiger partial charge is 0.199 e. The maximum absolute atomic E-state index is 11.7. The van der Waals surface area contributed by atoms with Gasteiger partial charge in [0, 0.05) is 42.0 Å². The highest BCUT2D eigenvalue weighted by Crippen LogP contribution is 2.24. The lowest BCUT2D eigenvalue weighted by Crippen LogP contribution is -2.00. The van der Waals surface area contributed by atoms with Crippen LogP contribution in [0.2, 0.25) is 0 Å². The Balaban J connectivity index is 3.10. The van der Waals surface area contributed by atoms with Crippen LogP contribution in [0.25, 0.3) is 0 Å². The molecule has 162 valence electrons. The van der Waals surface area contributed by atoms with Gasteiger partial charge in [0.25, 0.3) is 0 Å². The third-order valence-electron chi connectivity index (χ3n) is 2.15. The molecule has 0 saturated carbocycles. The van der Waals surface area contributed by atoms with Crippen LogP contribution in [-0.4, -0.2) is 83.4 Å². The fourth-order valence-electron chi connectivity index (χ4n) is 1.13. The van der Waals surface area contributed by atoms with Gasteiger partial charge >= 0.3 is 0 Å². The SMILES string of the molecule is CSCSCSCSC(=O)CSCSCSCSCCOOCSCCO. The molecule has 0 aromatic heterocycles. The molecule has 0 aromatic carbocycles. The molecule has 0 unspecified atom stereocenters. The molecule has 4 nitrogen and oxygen atoms in total. The average Bonchev–Trinajstić information content (AvgIpc) is 2.67. The maximum Gasteiger partial charge on any atom is 0.199 e. The van der Waals surface area contributed by atoms with Crippen molar-refractivity contribution in [1.82, 2.24) is 0 Å². The van der Waals surface area contributed by atoms with Crippen LogP contribution in [-0.2, 0) is 14.6 Å². The van der Waals surface area contributed by atoms with Crippen LogP contribution in [0.4, 0.5) is 0 Å². The van der Waals surface area contributed by atoms with Crippen molar-refractivity contribution in [2.24, 2.45) is 0 Å². The number of hydrogen-bond acceptors (Lipinski definition) is 13. The Labute approximate surface area is 202 Å². The second-order valence-electron chi connectivity index (χ2n) is 4.27. The van der Waals surface area contributed by atoms with Crippen LogP contribution in [0.3, 0.4) is 0 Å². The second kappa shape index (κ2) is 26.7. The number of carbonyl (C=O) groups excluding carboxylic acids is 1. The van der Waals surface area contributed by atoms with Crippen molar-refractivity contribution in [3.05, 3.63) is 0 Å². The molecule has 0 radical (unpaired) electrons. The summed E-state index contributed by atoms with van der Waals surface area (Å²) in [7, 11) is 0. The van der Waals surface area contributed by atoms with Gasteiger partial charge in [0.1, 0.15) is 5.94 Å². The van der Waals surface area contributed by atoms with Gasteiger partial charge in [0.05, 0.1) is 19.0 Å². The van der Waals surface area contributed by atoms with Gasteiger partial charge in [-0.15, -0.1) is 82.3 Å². The first kappa shape index (κ1) is 29.7. The summed E-state index contributed by atoms with van der Waals surface area (Å²) in [5.41, 5.74) is 0. The normalized spacial score (nSPS) is 11.2. The quantitative estimate of drug-likeness (QED) is 0.0815. The molecule has 0 atom stereocenters. The Morgan fingerprint density at radius 3 is 2.19 bits per heavy atom. The van der Waals surface area contributed by atoms with E-state index in [1.807, 2.05) is 70.6 Å². The number of carbonyl (C=O) groups is 1. The highest BCUT2D eigenvalue weighted by Gasteiger charge is 2.03. The number of thioether (sulfide) groups is 9. The minimum atomic E-state index is 0.171. The summed E-state index contributed by atoms with van der Waals surface area (Å²) >= 11 is 15.9.